The van der Waals surface area contributed by atoms with Crippen molar-refractivity contribution >= 4 is 5.97 Å². The SMILES string of the molecule is CC(=O)O[C@@H]1CC2C3CCc4cc(O)ccc4C3CC[C@]2(C)[C@H]1O. The number of esters is 1. The summed E-state index contributed by atoms with van der Waals surface area (Å²) in [6.45, 7) is 3.59. The lowest BCUT2D eigenvalue weighted by atomic mass is 9.55. The van der Waals surface area contributed by atoms with Crippen molar-refractivity contribution in [2.45, 2.75) is 64.1 Å². The van der Waals surface area contributed by atoms with Gasteiger partial charge in [-0.1, -0.05) is 13.0 Å². The van der Waals surface area contributed by atoms with Gasteiger partial charge in [0.25, 0.3) is 0 Å². The summed E-state index contributed by atoms with van der Waals surface area (Å²) < 4.78 is 5.42. The van der Waals surface area contributed by atoms with Crippen molar-refractivity contribution < 1.29 is 19.7 Å². The summed E-state index contributed by atoms with van der Waals surface area (Å²) in [7, 11) is 0. The average Bonchev–Trinajstić information content (AvgIpc) is 2.78. The molecule has 4 heteroatoms. The van der Waals surface area contributed by atoms with Crippen molar-refractivity contribution in [1.82, 2.24) is 0 Å². The van der Waals surface area contributed by atoms with E-state index in [0.29, 0.717) is 23.5 Å². The van der Waals surface area contributed by atoms with Crippen molar-refractivity contribution in [2.24, 2.45) is 17.3 Å². The zero-order valence-corrected chi connectivity index (χ0v) is 14.4. The largest absolute Gasteiger partial charge is 0.508 e. The smallest absolute Gasteiger partial charge is 0.302 e. The molecule has 0 amide bonds. The van der Waals surface area contributed by atoms with Crippen LogP contribution in [0, 0.1) is 17.3 Å². The number of phenolic OH excluding ortho intramolecular Hbond substituents is 1. The molecular weight excluding hydrogens is 304 g/mol. The lowest BCUT2D eigenvalue weighted by molar-refractivity contribution is -0.153. The minimum Gasteiger partial charge on any atom is -0.508 e. The molecule has 2 saturated carbocycles. The standard InChI is InChI=1S/C20H26O4/c1-11(21)24-18-10-17-16-5-3-12-9-13(22)4-6-14(12)15(16)7-8-20(17,2)19(18)23/h4,6,9,15-19,22-23H,3,5,7-8,10H2,1-2H3/t15?,16?,17?,18-,19+,20+/m1/s1. The molecule has 0 heterocycles. The normalized spacial score (nSPS) is 40.4. The molecule has 0 aromatic heterocycles. The molecule has 2 fully saturated rings. The lowest BCUT2D eigenvalue weighted by Gasteiger charge is -2.49. The van der Waals surface area contributed by atoms with E-state index in [4.69, 9.17) is 4.74 Å². The Morgan fingerprint density at radius 2 is 2.12 bits per heavy atom. The van der Waals surface area contributed by atoms with Gasteiger partial charge in [-0.3, -0.25) is 4.79 Å². The van der Waals surface area contributed by atoms with Gasteiger partial charge in [-0.2, -0.15) is 0 Å². The highest BCUT2D eigenvalue weighted by Gasteiger charge is 2.59. The molecule has 4 rings (SSSR count). The van der Waals surface area contributed by atoms with Crippen LogP contribution in [-0.4, -0.2) is 28.4 Å². The molecule has 130 valence electrons. The maximum absolute atomic E-state index is 11.4. The molecule has 3 unspecified atom stereocenters. The van der Waals surface area contributed by atoms with E-state index >= 15 is 0 Å². The number of rotatable bonds is 1. The van der Waals surface area contributed by atoms with Gasteiger partial charge >= 0.3 is 5.97 Å². The Kier molecular flexibility index (Phi) is 3.64. The molecule has 4 nitrogen and oxygen atoms in total. The molecule has 3 aliphatic rings. The highest BCUT2D eigenvalue weighted by Crippen LogP contribution is 2.61. The van der Waals surface area contributed by atoms with Crippen LogP contribution in [0.25, 0.3) is 0 Å². The van der Waals surface area contributed by atoms with Gasteiger partial charge in [-0.05, 0) is 73.1 Å². The molecule has 2 N–H and O–H groups in total. The average molecular weight is 330 g/mol. The molecule has 1 aromatic carbocycles. The number of ether oxygens (including phenoxy) is 1. The first kappa shape index (κ1) is 15.9. The number of aryl methyl sites for hydroxylation is 1. The van der Waals surface area contributed by atoms with Gasteiger partial charge in [0.1, 0.15) is 11.9 Å². The Hall–Kier alpha value is -1.55. The molecule has 0 radical (unpaired) electrons. The van der Waals surface area contributed by atoms with E-state index in [2.05, 4.69) is 13.0 Å². The van der Waals surface area contributed by atoms with Crippen LogP contribution in [0.4, 0.5) is 0 Å². The highest BCUT2D eigenvalue weighted by atomic mass is 16.6. The van der Waals surface area contributed by atoms with Gasteiger partial charge in [0, 0.05) is 12.3 Å². The number of carbonyl (C=O) groups excluding carboxylic acids is 1. The summed E-state index contributed by atoms with van der Waals surface area (Å²) in [5.41, 5.74) is 2.49. The molecular formula is C20H26O4. The van der Waals surface area contributed by atoms with Gasteiger partial charge in [0.15, 0.2) is 0 Å². The summed E-state index contributed by atoms with van der Waals surface area (Å²) >= 11 is 0. The van der Waals surface area contributed by atoms with Crippen LogP contribution >= 0.6 is 0 Å². The third kappa shape index (κ3) is 2.26. The Balaban J connectivity index is 1.65. The van der Waals surface area contributed by atoms with Crippen molar-refractivity contribution in [3.8, 4) is 5.75 Å². The third-order valence-electron chi connectivity index (χ3n) is 6.98. The fourth-order valence-corrected chi connectivity index (χ4v) is 5.86. The van der Waals surface area contributed by atoms with E-state index in [1.54, 1.807) is 6.07 Å². The number of benzene rings is 1. The number of phenols is 1. The number of aliphatic hydroxyl groups is 1. The van der Waals surface area contributed by atoms with E-state index in [0.717, 1.165) is 32.1 Å². The molecule has 3 aliphatic carbocycles. The Morgan fingerprint density at radius 1 is 1.33 bits per heavy atom. The first-order valence-corrected chi connectivity index (χ1v) is 9.07. The van der Waals surface area contributed by atoms with E-state index in [1.807, 2.05) is 6.07 Å². The Morgan fingerprint density at radius 3 is 2.88 bits per heavy atom. The van der Waals surface area contributed by atoms with Crippen molar-refractivity contribution in [2.75, 3.05) is 0 Å². The minimum absolute atomic E-state index is 0.157. The maximum Gasteiger partial charge on any atom is 0.302 e. The van der Waals surface area contributed by atoms with Crippen LogP contribution in [0.5, 0.6) is 5.75 Å². The number of carbonyl (C=O) groups is 1. The zero-order valence-electron chi connectivity index (χ0n) is 14.4. The van der Waals surface area contributed by atoms with E-state index in [1.165, 1.54) is 18.1 Å². The topological polar surface area (TPSA) is 66.8 Å². The predicted molar refractivity (Wildman–Crippen MR) is 89.7 cm³/mol. The van der Waals surface area contributed by atoms with Crippen LogP contribution in [0.15, 0.2) is 18.2 Å². The Bertz CT molecular complexity index is 670. The fraction of sp³-hybridized carbons (Fsp3) is 0.650. The van der Waals surface area contributed by atoms with E-state index < -0.39 is 6.10 Å². The molecule has 24 heavy (non-hydrogen) atoms. The van der Waals surface area contributed by atoms with Gasteiger partial charge in [0.2, 0.25) is 0 Å². The number of hydrogen-bond donors (Lipinski definition) is 2. The second-order valence-electron chi connectivity index (χ2n) is 8.17. The highest BCUT2D eigenvalue weighted by molar-refractivity contribution is 5.66. The maximum atomic E-state index is 11.4. The number of fused-ring (bicyclic) bond motifs is 5. The second-order valence-corrected chi connectivity index (χ2v) is 8.17. The number of aromatic hydroxyl groups is 1. The van der Waals surface area contributed by atoms with Crippen molar-refractivity contribution in [3.05, 3.63) is 29.3 Å². The van der Waals surface area contributed by atoms with Crippen LogP contribution in [0.1, 0.15) is 56.6 Å². The van der Waals surface area contributed by atoms with Crippen LogP contribution < -0.4 is 0 Å². The van der Waals surface area contributed by atoms with Crippen LogP contribution in [0.2, 0.25) is 0 Å². The van der Waals surface area contributed by atoms with Crippen LogP contribution in [0.3, 0.4) is 0 Å². The van der Waals surface area contributed by atoms with Gasteiger partial charge in [-0.25, -0.2) is 0 Å². The first-order valence-electron chi connectivity index (χ1n) is 9.07. The molecule has 0 saturated heterocycles. The minimum atomic E-state index is -0.562. The molecule has 0 aliphatic heterocycles. The number of aliphatic hydroxyl groups excluding tert-OH is 1. The lowest BCUT2D eigenvalue weighted by Crippen LogP contribution is -2.45. The van der Waals surface area contributed by atoms with E-state index in [-0.39, 0.29) is 17.5 Å². The Labute approximate surface area is 142 Å². The zero-order chi connectivity index (χ0) is 17.1. The summed E-state index contributed by atoms with van der Waals surface area (Å²) in [4.78, 5) is 11.4. The van der Waals surface area contributed by atoms with Crippen molar-refractivity contribution in [3.63, 3.8) is 0 Å². The van der Waals surface area contributed by atoms with Crippen molar-refractivity contribution in [1.29, 1.82) is 0 Å². The fourth-order valence-electron chi connectivity index (χ4n) is 5.86. The number of hydrogen-bond acceptors (Lipinski definition) is 4. The quantitative estimate of drug-likeness (QED) is 0.776. The molecule has 6 atom stereocenters. The third-order valence-corrected chi connectivity index (χ3v) is 6.98. The summed E-state index contributed by atoms with van der Waals surface area (Å²) in [6, 6.07) is 5.78. The van der Waals surface area contributed by atoms with Gasteiger partial charge in [0.05, 0.1) is 6.10 Å². The first-order chi connectivity index (χ1) is 11.4. The van der Waals surface area contributed by atoms with E-state index in [9.17, 15) is 15.0 Å². The van der Waals surface area contributed by atoms with Crippen LogP contribution in [-0.2, 0) is 16.0 Å². The summed E-state index contributed by atoms with van der Waals surface area (Å²) in [5.74, 6) is 1.45. The van der Waals surface area contributed by atoms with Gasteiger partial charge < -0.3 is 14.9 Å². The summed E-state index contributed by atoms with van der Waals surface area (Å²) in [5, 5.41) is 20.6. The monoisotopic (exact) mass is 330 g/mol. The predicted octanol–water partition coefficient (Wildman–Crippen LogP) is 3.15. The molecule has 0 bridgehead atoms. The molecule has 1 aromatic rings. The molecule has 0 spiro atoms. The van der Waals surface area contributed by atoms with Gasteiger partial charge in [-0.15, -0.1) is 0 Å². The second kappa shape index (κ2) is 5.48. The summed E-state index contributed by atoms with van der Waals surface area (Å²) in [6.07, 6.45) is 3.92.